The van der Waals surface area contributed by atoms with E-state index in [1.165, 1.54) is 12.1 Å². The molecule has 19 heavy (non-hydrogen) atoms. The summed E-state index contributed by atoms with van der Waals surface area (Å²) in [4.78, 5) is 0. The second-order valence-corrected chi connectivity index (χ2v) is 3.72. The fraction of sp³-hybridized carbons (Fsp3) is 0.455. The van der Waals surface area contributed by atoms with Crippen LogP contribution in [-0.4, -0.2) is 19.1 Å². The molecule has 0 saturated heterocycles. The van der Waals surface area contributed by atoms with E-state index in [0.29, 0.717) is 5.69 Å². The first-order valence-electron chi connectivity index (χ1n) is 5.32. The minimum Gasteiger partial charge on any atom is -0.406 e. The lowest BCUT2D eigenvalue weighted by Gasteiger charge is -2.11. The Morgan fingerprint density at radius 2 is 1.53 bits per heavy atom. The maximum Gasteiger partial charge on any atom is 0.573 e. The lowest BCUT2D eigenvalue weighted by molar-refractivity contribution is -0.274. The maximum absolute atomic E-state index is 11.9. The van der Waals surface area contributed by atoms with Crippen molar-refractivity contribution < 1.29 is 31.1 Å². The van der Waals surface area contributed by atoms with Crippen LogP contribution in [0.1, 0.15) is 12.8 Å². The molecule has 0 bridgehead atoms. The van der Waals surface area contributed by atoms with Gasteiger partial charge in [-0.05, 0) is 30.7 Å². The lowest BCUT2D eigenvalue weighted by atomic mass is 10.2. The Hall–Kier alpha value is -1.60. The van der Waals surface area contributed by atoms with Gasteiger partial charge in [0, 0.05) is 18.7 Å². The van der Waals surface area contributed by atoms with E-state index in [1.807, 2.05) is 0 Å². The molecule has 0 atom stereocenters. The van der Waals surface area contributed by atoms with Gasteiger partial charge in [0.2, 0.25) is 0 Å². The number of benzene rings is 1. The molecule has 0 amide bonds. The third-order valence-corrected chi connectivity index (χ3v) is 2.05. The molecule has 0 heterocycles. The van der Waals surface area contributed by atoms with Gasteiger partial charge in [0.05, 0.1) is 0 Å². The first-order valence-corrected chi connectivity index (χ1v) is 5.32. The molecule has 0 aliphatic heterocycles. The van der Waals surface area contributed by atoms with Gasteiger partial charge in [-0.1, -0.05) is 0 Å². The van der Waals surface area contributed by atoms with Crippen molar-refractivity contribution >= 4 is 5.69 Å². The van der Waals surface area contributed by atoms with Crippen LogP contribution in [0.5, 0.6) is 5.75 Å². The Labute approximate surface area is 105 Å². The minimum atomic E-state index is -4.76. The van der Waals surface area contributed by atoms with Crippen LogP contribution in [0, 0.1) is 0 Å². The number of anilines is 1. The molecule has 0 unspecified atom stereocenters. The van der Waals surface area contributed by atoms with Gasteiger partial charge in [0.15, 0.2) is 0 Å². The van der Waals surface area contributed by atoms with E-state index in [-0.39, 0.29) is 18.7 Å². The van der Waals surface area contributed by atoms with E-state index in [4.69, 9.17) is 0 Å². The van der Waals surface area contributed by atoms with Gasteiger partial charge in [0.25, 0.3) is 0 Å². The van der Waals surface area contributed by atoms with Gasteiger partial charge in [0.1, 0.15) is 5.75 Å². The zero-order valence-corrected chi connectivity index (χ0v) is 9.61. The molecule has 1 aromatic carbocycles. The van der Waals surface area contributed by atoms with Gasteiger partial charge in [-0.25, -0.2) is 0 Å². The second-order valence-electron chi connectivity index (χ2n) is 3.72. The van der Waals surface area contributed by atoms with Gasteiger partial charge in [-0.3, -0.25) is 0 Å². The number of nitrogens with one attached hydrogen (secondary N) is 1. The van der Waals surface area contributed by atoms with Crippen LogP contribution in [-0.2, 0) is 0 Å². The van der Waals surface area contributed by atoms with E-state index >= 15 is 0 Å². The molecule has 108 valence electrons. The molecular weight excluding hydrogens is 276 g/mol. The summed E-state index contributed by atoms with van der Waals surface area (Å²) in [5.74, 6) is -0.381. The van der Waals surface area contributed by atoms with E-state index in [1.54, 1.807) is 0 Å². The summed E-state index contributed by atoms with van der Waals surface area (Å²) in [5, 5.41) is 2.67. The second kappa shape index (κ2) is 6.03. The summed E-state index contributed by atoms with van der Waals surface area (Å²) in [6, 6.07) is 4.77. The first-order chi connectivity index (χ1) is 8.66. The number of alkyl halides is 6. The van der Waals surface area contributed by atoms with Crippen LogP contribution < -0.4 is 10.1 Å². The van der Waals surface area contributed by atoms with Crippen LogP contribution in [0.4, 0.5) is 32.0 Å². The van der Waals surface area contributed by atoms with Gasteiger partial charge in [-0.2, -0.15) is 13.2 Å². The molecule has 0 aromatic heterocycles. The van der Waals surface area contributed by atoms with Crippen molar-refractivity contribution in [2.45, 2.75) is 25.4 Å². The summed E-state index contributed by atoms with van der Waals surface area (Å²) in [6.07, 6.45) is -9.98. The number of rotatable bonds is 5. The highest BCUT2D eigenvalue weighted by atomic mass is 19.4. The van der Waals surface area contributed by atoms with E-state index < -0.39 is 19.0 Å². The molecule has 0 aliphatic carbocycles. The Bertz CT molecular complexity index is 384. The zero-order chi connectivity index (χ0) is 14.5. The van der Waals surface area contributed by atoms with Crippen molar-refractivity contribution in [3.05, 3.63) is 24.3 Å². The topological polar surface area (TPSA) is 21.3 Å². The summed E-state index contributed by atoms with van der Waals surface area (Å²) in [6.45, 7) is 0.0823. The lowest BCUT2D eigenvalue weighted by Crippen LogP contribution is -2.17. The molecule has 0 radical (unpaired) electrons. The van der Waals surface area contributed by atoms with Crippen molar-refractivity contribution in [3.8, 4) is 5.75 Å². The highest BCUT2D eigenvalue weighted by molar-refractivity contribution is 5.46. The fourth-order valence-corrected chi connectivity index (χ4v) is 1.30. The van der Waals surface area contributed by atoms with E-state index in [0.717, 1.165) is 12.1 Å². The van der Waals surface area contributed by atoms with Crippen LogP contribution in [0.15, 0.2) is 24.3 Å². The Morgan fingerprint density at radius 3 is 2.00 bits per heavy atom. The third kappa shape index (κ3) is 7.43. The fourth-order valence-electron chi connectivity index (χ4n) is 1.30. The van der Waals surface area contributed by atoms with E-state index in [9.17, 15) is 26.3 Å². The van der Waals surface area contributed by atoms with Crippen molar-refractivity contribution in [3.63, 3.8) is 0 Å². The molecule has 0 fully saturated rings. The largest absolute Gasteiger partial charge is 0.573 e. The molecule has 0 spiro atoms. The average Bonchev–Trinajstić information content (AvgIpc) is 2.23. The first kappa shape index (κ1) is 15.5. The molecule has 0 aliphatic rings. The maximum atomic E-state index is 11.9. The number of ether oxygens (including phenoxy) is 1. The average molecular weight is 287 g/mol. The monoisotopic (exact) mass is 287 g/mol. The summed E-state index contributed by atoms with van der Waals surface area (Å²) >= 11 is 0. The third-order valence-electron chi connectivity index (χ3n) is 2.05. The Balaban J connectivity index is 2.36. The van der Waals surface area contributed by atoms with Gasteiger partial charge >= 0.3 is 12.5 Å². The summed E-state index contributed by atoms with van der Waals surface area (Å²) in [5.41, 5.74) is 0.427. The minimum absolute atomic E-state index is 0.0823. The van der Waals surface area contributed by atoms with Crippen molar-refractivity contribution in [2.75, 3.05) is 11.9 Å². The Morgan fingerprint density at radius 1 is 0.947 bits per heavy atom. The van der Waals surface area contributed by atoms with Crippen LogP contribution in [0.2, 0.25) is 0 Å². The van der Waals surface area contributed by atoms with Crippen molar-refractivity contribution in [1.29, 1.82) is 0 Å². The molecule has 2 nitrogen and oxygen atoms in total. The molecule has 1 aromatic rings. The van der Waals surface area contributed by atoms with Crippen LogP contribution >= 0.6 is 0 Å². The van der Waals surface area contributed by atoms with Gasteiger partial charge in [-0.15, -0.1) is 13.2 Å². The quantitative estimate of drug-likeness (QED) is 0.642. The van der Waals surface area contributed by atoms with E-state index in [2.05, 4.69) is 10.1 Å². The van der Waals surface area contributed by atoms with Crippen molar-refractivity contribution in [2.24, 2.45) is 0 Å². The predicted octanol–water partition coefficient (Wildman–Crippen LogP) is 4.34. The molecule has 8 heteroatoms. The SMILES string of the molecule is FC(F)(F)CCCNc1ccc(OC(F)(F)F)cc1. The van der Waals surface area contributed by atoms with Gasteiger partial charge < -0.3 is 10.1 Å². The van der Waals surface area contributed by atoms with Crippen LogP contribution in [0.3, 0.4) is 0 Å². The highest BCUT2D eigenvalue weighted by Crippen LogP contribution is 2.24. The van der Waals surface area contributed by atoms with Crippen molar-refractivity contribution in [1.82, 2.24) is 0 Å². The molecule has 1 N–H and O–H groups in total. The smallest absolute Gasteiger partial charge is 0.406 e. The normalized spacial score (nSPS) is 12.3. The van der Waals surface area contributed by atoms with Crippen LogP contribution in [0.25, 0.3) is 0 Å². The highest BCUT2D eigenvalue weighted by Gasteiger charge is 2.31. The predicted molar refractivity (Wildman–Crippen MR) is 56.9 cm³/mol. The Kier molecular flexibility index (Phi) is 4.90. The number of halogens is 6. The number of hydrogen-bond acceptors (Lipinski definition) is 2. The summed E-state index contributed by atoms with van der Waals surface area (Å²) in [7, 11) is 0. The zero-order valence-electron chi connectivity index (χ0n) is 9.61. The molecule has 1 rings (SSSR count). The molecule has 0 saturated carbocycles. The molecular formula is C11H11F6NO. The standard InChI is InChI=1S/C11H11F6NO/c12-10(13,14)6-1-7-18-8-2-4-9(5-3-8)19-11(15,16)17/h2-5,18H,1,6-7H2. The summed E-state index contributed by atoms with van der Waals surface area (Å²) < 4.78 is 74.7. The number of hydrogen-bond donors (Lipinski definition) is 1.